The summed E-state index contributed by atoms with van der Waals surface area (Å²) in [5, 5.41) is 17.0. The lowest BCUT2D eigenvalue weighted by Gasteiger charge is -2.06. The van der Waals surface area contributed by atoms with Gasteiger partial charge < -0.3 is 5.32 Å². The number of rotatable bonds is 4. The molecule has 0 aliphatic heterocycles. The van der Waals surface area contributed by atoms with Crippen LogP contribution in [0.15, 0.2) is 30.5 Å². The van der Waals surface area contributed by atoms with Gasteiger partial charge in [0.15, 0.2) is 0 Å². The molecule has 0 aliphatic rings. The van der Waals surface area contributed by atoms with Crippen molar-refractivity contribution >= 4 is 11.6 Å². The molecule has 0 saturated heterocycles. The van der Waals surface area contributed by atoms with E-state index in [0.717, 1.165) is 23.9 Å². The Morgan fingerprint density at radius 1 is 1.50 bits per heavy atom. The topological polar surface area (TPSA) is 90.1 Å². The van der Waals surface area contributed by atoms with E-state index < -0.39 is 16.6 Å². The SMILES string of the molecule is Cn1nccc1CNC(=O)c1cc([N+](=O)[O-])ccc1F. The van der Waals surface area contributed by atoms with Gasteiger partial charge in [-0.2, -0.15) is 5.10 Å². The summed E-state index contributed by atoms with van der Waals surface area (Å²) < 4.78 is 15.1. The van der Waals surface area contributed by atoms with E-state index in [2.05, 4.69) is 10.4 Å². The van der Waals surface area contributed by atoms with Crippen LogP contribution in [0.3, 0.4) is 0 Å². The van der Waals surface area contributed by atoms with Crippen molar-refractivity contribution in [3.05, 3.63) is 57.7 Å². The molecular formula is C12H11FN4O3. The molecule has 2 rings (SSSR count). The van der Waals surface area contributed by atoms with E-state index in [4.69, 9.17) is 0 Å². The largest absolute Gasteiger partial charge is 0.346 e. The third-order valence-electron chi connectivity index (χ3n) is 2.76. The molecule has 1 heterocycles. The Morgan fingerprint density at radius 2 is 2.25 bits per heavy atom. The van der Waals surface area contributed by atoms with Gasteiger partial charge in [0.2, 0.25) is 0 Å². The van der Waals surface area contributed by atoms with Crippen LogP contribution in [0.5, 0.6) is 0 Å². The zero-order valence-corrected chi connectivity index (χ0v) is 10.5. The van der Waals surface area contributed by atoms with Crippen molar-refractivity contribution in [3.63, 3.8) is 0 Å². The van der Waals surface area contributed by atoms with Gasteiger partial charge in [-0.15, -0.1) is 0 Å². The van der Waals surface area contributed by atoms with Crippen molar-refractivity contribution in [3.8, 4) is 0 Å². The highest BCUT2D eigenvalue weighted by Crippen LogP contribution is 2.16. The van der Waals surface area contributed by atoms with Crippen molar-refractivity contribution in [2.24, 2.45) is 7.05 Å². The van der Waals surface area contributed by atoms with E-state index in [1.54, 1.807) is 24.0 Å². The summed E-state index contributed by atoms with van der Waals surface area (Å²) in [6, 6.07) is 4.52. The summed E-state index contributed by atoms with van der Waals surface area (Å²) >= 11 is 0. The fraction of sp³-hybridized carbons (Fsp3) is 0.167. The molecule has 104 valence electrons. The predicted octanol–water partition coefficient (Wildman–Crippen LogP) is 1.40. The van der Waals surface area contributed by atoms with Crippen LogP contribution in [-0.4, -0.2) is 20.6 Å². The molecule has 1 aromatic carbocycles. The number of aromatic nitrogens is 2. The first-order valence-electron chi connectivity index (χ1n) is 5.68. The summed E-state index contributed by atoms with van der Waals surface area (Å²) in [4.78, 5) is 21.8. The summed E-state index contributed by atoms with van der Waals surface area (Å²) in [7, 11) is 1.70. The molecule has 0 aliphatic carbocycles. The van der Waals surface area contributed by atoms with Crippen LogP contribution >= 0.6 is 0 Å². The van der Waals surface area contributed by atoms with Crippen LogP contribution in [0.1, 0.15) is 16.1 Å². The van der Waals surface area contributed by atoms with Gasteiger partial charge in [-0.1, -0.05) is 0 Å². The zero-order valence-electron chi connectivity index (χ0n) is 10.5. The number of carbonyl (C=O) groups excluding carboxylic acids is 1. The second-order valence-electron chi connectivity index (χ2n) is 4.05. The second kappa shape index (κ2) is 5.47. The lowest BCUT2D eigenvalue weighted by Crippen LogP contribution is -2.25. The van der Waals surface area contributed by atoms with E-state index in [1.165, 1.54) is 0 Å². The zero-order chi connectivity index (χ0) is 14.7. The fourth-order valence-electron chi connectivity index (χ4n) is 1.64. The first-order chi connectivity index (χ1) is 9.49. The molecule has 1 N–H and O–H groups in total. The summed E-state index contributed by atoms with van der Waals surface area (Å²) in [5.74, 6) is -1.52. The smallest absolute Gasteiger partial charge is 0.270 e. The van der Waals surface area contributed by atoms with Crippen molar-refractivity contribution in [1.29, 1.82) is 0 Å². The second-order valence-corrected chi connectivity index (χ2v) is 4.05. The number of nitro groups is 1. The molecule has 8 heteroatoms. The van der Waals surface area contributed by atoms with Crippen LogP contribution < -0.4 is 5.32 Å². The number of non-ortho nitro benzene ring substituents is 1. The average Bonchev–Trinajstić information content (AvgIpc) is 2.81. The Morgan fingerprint density at radius 3 is 2.85 bits per heavy atom. The number of nitrogens with zero attached hydrogens (tertiary/aromatic N) is 3. The van der Waals surface area contributed by atoms with Crippen LogP contribution in [0.25, 0.3) is 0 Å². The Hall–Kier alpha value is -2.77. The van der Waals surface area contributed by atoms with Crippen molar-refractivity contribution in [1.82, 2.24) is 15.1 Å². The number of benzene rings is 1. The number of halogens is 1. The van der Waals surface area contributed by atoms with Gasteiger partial charge >= 0.3 is 0 Å². The fourth-order valence-corrected chi connectivity index (χ4v) is 1.64. The highest BCUT2D eigenvalue weighted by Gasteiger charge is 2.16. The number of hydrogen-bond acceptors (Lipinski definition) is 4. The third kappa shape index (κ3) is 2.79. The Labute approximate surface area is 113 Å². The van der Waals surface area contributed by atoms with Crippen LogP contribution in [-0.2, 0) is 13.6 Å². The number of aryl methyl sites for hydroxylation is 1. The number of nitro benzene ring substituents is 1. The quantitative estimate of drug-likeness (QED) is 0.676. The van der Waals surface area contributed by atoms with Gasteiger partial charge in [-0.3, -0.25) is 19.6 Å². The van der Waals surface area contributed by atoms with Gasteiger partial charge in [-0.25, -0.2) is 4.39 Å². The number of nitrogens with one attached hydrogen (secondary N) is 1. The highest BCUT2D eigenvalue weighted by molar-refractivity contribution is 5.95. The normalized spacial score (nSPS) is 10.3. The number of hydrogen-bond donors (Lipinski definition) is 1. The molecule has 0 unspecified atom stereocenters. The summed E-state index contributed by atoms with van der Waals surface area (Å²) in [6.45, 7) is 0.150. The molecule has 0 radical (unpaired) electrons. The van der Waals surface area contributed by atoms with Gasteiger partial charge in [0, 0.05) is 25.4 Å². The highest BCUT2D eigenvalue weighted by atomic mass is 19.1. The maximum absolute atomic E-state index is 13.5. The van der Waals surface area contributed by atoms with E-state index in [9.17, 15) is 19.3 Å². The summed E-state index contributed by atoms with van der Waals surface area (Å²) in [6.07, 6.45) is 1.56. The Balaban J connectivity index is 2.15. The molecular weight excluding hydrogens is 267 g/mol. The molecule has 1 aromatic heterocycles. The van der Waals surface area contributed by atoms with Crippen molar-refractivity contribution in [2.45, 2.75) is 6.54 Å². The van der Waals surface area contributed by atoms with Crippen LogP contribution in [0.4, 0.5) is 10.1 Å². The van der Waals surface area contributed by atoms with Crippen molar-refractivity contribution in [2.75, 3.05) is 0 Å². The molecule has 20 heavy (non-hydrogen) atoms. The number of amides is 1. The van der Waals surface area contributed by atoms with Crippen LogP contribution in [0, 0.1) is 15.9 Å². The number of carbonyl (C=O) groups is 1. The average molecular weight is 278 g/mol. The van der Waals surface area contributed by atoms with Crippen molar-refractivity contribution < 1.29 is 14.1 Å². The molecule has 0 spiro atoms. The van der Waals surface area contributed by atoms with Crippen LogP contribution in [0.2, 0.25) is 0 Å². The molecule has 2 aromatic rings. The molecule has 0 bridgehead atoms. The van der Waals surface area contributed by atoms with E-state index in [-0.39, 0.29) is 17.8 Å². The third-order valence-corrected chi connectivity index (χ3v) is 2.76. The first kappa shape index (κ1) is 13.7. The maximum Gasteiger partial charge on any atom is 0.270 e. The molecule has 7 nitrogen and oxygen atoms in total. The van der Waals surface area contributed by atoms with E-state index in [0.29, 0.717) is 0 Å². The first-order valence-corrected chi connectivity index (χ1v) is 5.68. The molecule has 0 atom stereocenters. The van der Waals surface area contributed by atoms with E-state index >= 15 is 0 Å². The van der Waals surface area contributed by atoms with Gasteiger partial charge in [0.1, 0.15) is 5.82 Å². The minimum absolute atomic E-state index is 0.150. The predicted molar refractivity (Wildman–Crippen MR) is 67.4 cm³/mol. The monoisotopic (exact) mass is 278 g/mol. The summed E-state index contributed by atoms with van der Waals surface area (Å²) in [5.41, 5.74) is 0.0302. The molecule has 0 fully saturated rings. The lowest BCUT2D eigenvalue weighted by atomic mass is 10.1. The molecule has 0 saturated carbocycles. The van der Waals surface area contributed by atoms with Gasteiger partial charge in [0.05, 0.1) is 22.7 Å². The van der Waals surface area contributed by atoms with Gasteiger partial charge in [0.25, 0.3) is 11.6 Å². The Kier molecular flexibility index (Phi) is 3.74. The standard InChI is InChI=1S/C12H11FN4O3/c1-16-9(4-5-15-16)7-14-12(18)10-6-8(17(19)20)2-3-11(10)13/h2-6H,7H2,1H3,(H,14,18). The minimum Gasteiger partial charge on any atom is -0.346 e. The Bertz CT molecular complexity index is 668. The maximum atomic E-state index is 13.5. The lowest BCUT2D eigenvalue weighted by molar-refractivity contribution is -0.384. The van der Waals surface area contributed by atoms with E-state index in [1.807, 2.05) is 0 Å². The molecule has 1 amide bonds. The minimum atomic E-state index is -0.807. The van der Waals surface area contributed by atoms with Gasteiger partial charge in [-0.05, 0) is 12.1 Å².